The Labute approximate surface area is 64.8 Å². The minimum Gasteiger partial charge on any atom is -0.212 e. The van der Waals surface area contributed by atoms with Crippen molar-refractivity contribution in [3.8, 4) is 0 Å². The monoisotopic (exact) mass is 187 g/mol. The second-order valence-electron chi connectivity index (χ2n) is 3.03. The maximum atomic E-state index is 11.6. The zero-order valence-electron chi connectivity index (χ0n) is 6.56. The van der Waals surface area contributed by atoms with Crippen LogP contribution in [0.5, 0.6) is 0 Å². The van der Waals surface area contributed by atoms with Crippen molar-refractivity contribution >= 4 is 10.0 Å². The number of halogens is 2. The molecule has 0 bridgehead atoms. The Morgan fingerprint density at radius 2 is 1.64 bits per heavy atom. The topological polar surface area (TPSA) is 46.2 Å². The van der Waals surface area contributed by atoms with Crippen LogP contribution in [-0.2, 0) is 10.0 Å². The molecule has 0 unspecified atom stereocenters. The van der Waals surface area contributed by atoms with E-state index in [0.29, 0.717) is 0 Å². The molecule has 0 spiro atoms. The third-order valence-corrected chi connectivity index (χ3v) is 3.15. The summed E-state index contributed by atoms with van der Waals surface area (Å²) >= 11 is 0. The van der Waals surface area contributed by atoms with Gasteiger partial charge in [-0.1, -0.05) is 0 Å². The van der Waals surface area contributed by atoms with Gasteiger partial charge in [-0.2, -0.15) is 13.5 Å². The smallest absolute Gasteiger partial charge is 0.212 e. The van der Waals surface area contributed by atoms with Crippen LogP contribution in [0.15, 0.2) is 0 Å². The fourth-order valence-corrected chi connectivity index (χ4v) is 0.882. The van der Waals surface area contributed by atoms with E-state index >= 15 is 0 Å². The van der Waals surface area contributed by atoms with Gasteiger partial charge in [0.1, 0.15) is 0 Å². The Bertz CT molecular complexity index is 217. The number of nitrogens with one attached hydrogen (secondary N) is 1. The van der Waals surface area contributed by atoms with Crippen molar-refractivity contribution in [3.05, 3.63) is 0 Å². The van der Waals surface area contributed by atoms with Gasteiger partial charge in [-0.25, -0.2) is 8.42 Å². The van der Waals surface area contributed by atoms with Gasteiger partial charge in [-0.3, -0.25) is 0 Å². The summed E-state index contributed by atoms with van der Waals surface area (Å²) < 4.78 is 44.9. The molecule has 3 nitrogen and oxygen atoms in total. The van der Waals surface area contributed by atoms with Crippen molar-refractivity contribution < 1.29 is 17.2 Å². The van der Waals surface area contributed by atoms with Crippen LogP contribution in [0, 0.1) is 0 Å². The molecule has 0 heterocycles. The molecule has 0 aliphatic rings. The predicted molar refractivity (Wildman–Crippen MR) is 37.8 cm³/mol. The van der Waals surface area contributed by atoms with Crippen LogP contribution in [0.1, 0.15) is 20.8 Å². The highest BCUT2D eigenvalue weighted by Crippen LogP contribution is 2.13. The van der Waals surface area contributed by atoms with Gasteiger partial charge in [0.2, 0.25) is 10.0 Å². The van der Waals surface area contributed by atoms with Crippen molar-refractivity contribution in [2.24, 2.45) is 0 Å². The maximum Gasteiger partial charge on any atom is 0.304 e. The van der Waals surface area contributed by atoms with Crippen LogP contribution < -0.4 is 4.72 Å². The maximum absolute atomic E-state index is 11.6. The fourth-order valence-electron chi connectivity index (χ4n) is 0.294. The second kappa shape index (κ2) is 3.02. The van der Waals surface area contributed by atoms with Crippen LogP contribution >= 0.6 is 0 Å². The summed E-state index contributed by atoms with van der Waals surface area (Å²) in [7, 11) is -3.90. The summed E-state index contributed by atoms with van der Waals surface area (Å²) in [4.78, 5) is 0. The summed E-state index contributed by atoms with van der Waals surface area (Å²) in [6.45, 7) is 1.01. The first-order chi connectivity index (χ1) is 4.67. The number of sulfonamides is 1. The average Bonchev–Trinajstić information content (AvgIpc) is 1.56. The largest absolute Gasteiger partial charge is 0.304 e. The summed E-state index contributed by atoms with van der Waals surface area (Å²) in [6, 6.07) is 0. The number of hydrogen-bond donors (Lipinski definition) is 1. The molecule has 0 amide bonds. The lowest BCUT2D eigenvalue weighted by Crippen LogP contribution is -2.41. The molecule has 0 saturated carbocycles. The molecule has 0 radical (unpaired) electrons. The lowest BCUT2D eigenvalue weighted by molar-refractivity contribution is 0.135. The van der Waals surface area contributed by atoms with E-state index in [9.17, 15) is 17.2 Å². The quantitative estimate of drug-likeness (QED) is 0.653. The first-order valence-corrected chi connectivity index (χ1v) is 4.45. The molecule has 0 aliphatic carbocycles. The molecule has 0 atom stereocenters. The Balaban J connectivity index is 4.51. The molecule has 0 aromatic carbocycles. The van der Waals surface area contributed by atoms with E-state index in [-0.39, 0.29) is 0 Å². The lowest BCUT2D eigenvalue weighted by atomic mass is 10.3. The van der Waals surface area contributed by atoms with E-state index in [2.05, 4.69) is 0 Å². The van der Waals surface area contributed by atoms with Gasteiger partial charge >= 0.3 is 6.55 Å². The molecule has 68 valence electrons. The van der Waals surface area contributed by atoms with Gasteiger partial charge in [0, 0.05) is 0 Å². The Morgan fingerprint density at radius 3 is 1.73 bits per heavy atom. The Kier molecular flexibility index (Phi) is 2.96. The summed E-state index contributed by atoms with van der Waals surface area (Å²) in [5, 5.41) is 0. The fraction of sp³-hybridized carbons (Fsp3) is 1.00. The van der Waals surface area contributed by atoms with E-state index in [0.717, 1.165) is 0 Å². The first kappa shape index (κ1) is 10.8. The van der Waals surface area contributed by atoms with Crippen molar-refractivity contribution in [1.82, 2.24) is 4.72 Å². The first-order valence-electron chi connectivity index (χ1n) is 2.97. The molecule has 0 aromatic heterocycles. The van der Waals surface area contributed by atoms with Gasteiger partial charge in [0.05, 0.1) is 4.75 Å². The zero-order valence-corrected chi connectivity index (χ0v) is 7.37. The van der Waals surface area contributed by atoms with Crippen LogP contribution in [0.25, 0.3) is 0 Å². The van der Waals surface area contributed by atoms with Crippen LogP contribution in [0.3, 0.4) is 0 Å². The van der Waals surface area contributed by atoms with Gasteiger partial charge in [-0.05, 0) is 20.8 Å². The normalized spacial score (nSPS) is 14.0. The molecule has 0 aromatic rings. The van der Waals surface area contributed by atoms with Gasteiger partial charge < -0.3 is 0 Å². The highest BCUT2D eigenvalue weighted by Gasteiger charge is 2.30. The van der Waals surface area contributed by atoms with Gasteiger partial charge in [0.15, 0.2) is 0 Å². The number of hydrogen-bond acceptors (Lipinski definition) is 2. The van der Waals surface area contributed by atoms with Crippen molar-refractivity contribution in [1.29, 1.82) is 0 Å². The third-order valence-electron chi connectivity index (χ3n) is 1.05. The highest BCUT2D eigenvalue weighted by molar-refractivity contribution is 7.90. The average molecular weight is 187 g/mol. The molecule has 1 N–H and O–H groups in total. The van der Waals surface area contributed by atoms with Crippen molar-refractivity contribution in [3.63, 3.8) is 0 Å². The molecular formula is C5H11F2NO2S. The minimum atomic E-state index is -3.90. The van der Waals surface area contributed by atoms with Crippen molar-refractivity contribution in [2.75, 3.05) is 0 Å². The molecule has 0 saturated heterocycles. The summed E-state index contributed by atoms with van der Waals surface area (Å²) in [5.74, 6) is 0. The number of alkyl halides is 2. The van der Waals surface area contributed by atoms with Gasteiger partial charge in [-0.15, -0.1) is 0 Å². The van der Waals surface area contributed by atoms with Crippen LogP contribution in [-0.4, -0.2) is 19.7 Å². The molecule has 6 heteroatoms. The van der Waals surface area contributed by atoms with E-state index in [1.807, 2.05) is 0 Å². The zero-order chi connectivity index (χ0) is 9.28. The van der Waals surface area contributed by atoms with E-state index in [4.69, 9.17) is 0 Å². The third kappa shape index (κ3) is 3.11. The lowest BCUT2D eigenvalue weighted by Gasteiger charge is -2.18. The van der Waals surface area contributed by atoms with Crippen LogP contribution in [0.4, 0.5) is 8.78 Å². The van der Waals surface area contributed by atoms with E-state index in [1.54, 1.807) is 0 Å². The molecule has 0 rings (SSSR count). The SMILES string of the molecule is CC(C)(C)S(=O)(=O)NC(F)F. The highest BCUT2D eigenvalue weighted by atomic mass is 32.2. The molecular weight excluding hydrogens is 176 g/mol. The van der Waals surface area contributed by atoms with E-state index in [1.165, 1.54) is 25.5 Å². The molecule has 11 heavy (non-hydrogen) atoms. The molecule has 0 aliphatic heterocycles. The Hall–Kier alpha value is -0.230. The standard InChI is InChI=1S/C5H11F2NO2S/c1-5(2,3)11(9,10)8-4(6)7/h4,8H,1-3H3. The Morgan fingerprint density at radius 1 is 1.27 bits per heavy atom. The van der Waals surface area contributed by atoms with E-state index < -0.39 is 21.3 Å². The summed E-state index contributed by atoms with van der Waals surface area (Å²) in [6.07, 6.45) is 0. The minimum absolute atomic E-state index is 1.19. The predicted octanol–water partition coefficient (Wildman–Crippen LogP) is 0.927. The second-order valence-corrected chi connectivity index (χ2v) is 5.50. The van der Waals surface area contributed by atoms with Gasteiger partial charge in [0.25, 0.3) is 0 Å². The molecule has 0 fully saturated rings. The van der Waals surface area contributed by atoms with Crippen molar-refractivity contribution in [2.45, 2.75) is 32.1 Å². The van der Waals surface area contributed by atoms with Crippen LogP contribution in [0.2, 0.25) is 0 Å². The number of rotatable bonds is 2. The summed E-state index contributed by atoms with van der Waals surface area (Å²) in [5.41, 5.74) is 0.